The predicted octanol–water partition coefficient (Wildman–Crippen LogP) is 3.02. The van der Waals surface area contributed by atoms with Gasteiger partial charge >= 0.3 is 11.7 Å². The third kappa shape index (κ3) is 2.57. The van der Waals surface area contributed by atoms with Crippen molar-refractivity contribution >= 4 is 23.0 Å². The molecule has 2 rings (SSSR count). The summed E-state index contributed by atoms with van der Waals surface area (Å²) in [4.78, 5) is 21.1. The Kier molecular flexibility index (Phi) is 3.63. The van der Waals surface area contributed by atoms with Crippen molar-refractivity contribution in [3.8, 4) is 17.6 Å². The van der Waals surface area contributed by atoms with Gasteiger partial charge in [0.15, 0.2) is 0 Å². The SMILES string of the molecule is N#Cc1cccc(Oc2csc(C(=O)O)c2)c1[N+](=O)[O-]. The third-order valence-corrected chi connectivity index (χ3v) is 3.21. The van der Waals surface area contributed by atoms with Crippen LogP contribution in [-0.2, 0) is 0 Å². The molecule has 0 radical (unpaired) electrons. The minimum Gasteiger partial charge on any atom is -0.477 e. The maximum atomic E-state index is 11.0. The van der Waals surface area contributed by atoms with Crippen LogP contribution in [-0.4, -0.2) is 16.0 Å². The Labute approximate surface area is 116 Å². The number of carboxylic acids is 1. The molecule has 1 heterocycles. The van der Waals surface area contributed by atoms with Gasteiger partial charge in [-0.15, -0.1) is 11.3 Å². The van der Waals surface area contributed by atoms with Gasteiger partial charge in [0.05, 0.1) is 4.92 Å². The van der Waals surface area contributed by atoms with Gasteiger partial charge in [0.1, 0.15) is 22.3 Å². The van der Waals surface area contributed by atoms with Crippen LogP contribution in [0.15, 0.2) is 29.6 Å². The van der Waals surface area contributed by atoms with E-state index in [1.54, 1.807) is 6.07 Å². The molecule has 0 atom stereocenters. The van der Waals surface area contributed by atoms with Crippen molar-refractivity contribution in [2.45, 2.75) is 0 Å². The average molecular weight is 290 g/mol. The highest BCUT2D eigenvalue weighted by molar-refractivity contribution is 7.12. The minimum atomic E-state index is -1.11. The van der Waals surface area contributed by atoms with Gasteiger partial charge in [-0.1, -0.05) is 6.07 Å². The second-order valence-corrected chi connectivity index (χ2v) is 4.49. The number of nitriles is 1. The summed E-state index contributed by atoms with van der Waals surface area (Å²) in [5, 5.41) is 30.1. The molecule has 1 N–H and O–H groups in total. The lowest BCUT2D eigenvalue weighted by molar-refractivity contribution is -0.385. The Bertz CT molecular complexity index is 732. The molecule has 0 fully saturated rings. The van der Waals surface area contributed by atoms with E-state index in [0.29, 0.717) is 0 Å². The second-order valence-electron chi connectivity index (χ2n) is 3.58. The Hall–Kier alpha value is -2.92. The zero-order valence-corrected chi connectivity index (χ0v) is 10.6. The van der Waals surface area contributed by atoms with Crippen LogP contribution in [0.1, 0.15) is 15.2 Å². The first kappa shape index (κ1) is 13.5. The van der Waals surface area contributed by atoms with Crippen LogP contribution in [0.4, 0.5) is 5.69 Å². The Morgan fingerprint density at radius 1 is 1.50 bits per heavy atom. The normalized spacial score (nSPS) is 9.75. The summed E-state index contributed by atoms with van der Waals surface area (Å²) in [7, 11) is 0. The molecule has 0 bridgehead atoms. The average Bonchev–Trinajstić information content (AvgIpc) is 2.86. The Morgan fingerprint density at radius 2 is 2.25 bits per heavy atom. The van der Waals surface area contributed by atoms with Crippen molar-refractivity contribution in [1.82, 2.24) is 0 Å². The van der Waals surface area contributed by atoms with Gasteiger partial charge in [0, 0.05) is 11.4 Å². The minimum absolute atomic E-state index is 0.0547. The zero-order chi connectivity index (χ0) is 14.7. The number of aromatic carboxylic acids is 1. The number of hydrogen-bond acceptors (Lipinski definition) is 6. The van der Waals surface area contributed by atoms with E-state index < -0.39 is 16.6 Å². The van der Waals surface area contributed by atoms with Gasteiger partial charge in [-0.05, 0) is 12.1 Å². The monoisotopic (exact) mass is 290 g/mol. The molecule has 0 aliphatic carbocycles. The molecular formula is C12H6N2O5S. The van der Waals surface area contributed by atoms with Crippen LogP contribution < -0.4 is 4.74 Å². The highest BCUT2D eigenvalue weighted by Crippen LogP contribution is 2.35. The number of nitro benzene ring substituents is 1. The standard InChI is InChI=1S/C12H6N2O5S/c13-5-7-2-1-3-9(11(7)14(17)18)19-8-4-10(12(15)16)20-6-8/h1-4,6H,(H,15,16). The number of hydrogen-bond donors (Lipinski definition) is 1. The number of benzene rings is 1. The van der Waals surface area contributed by atoms with E-state index in [2.05, 4.69) is 0 Å². The molecule has 0 aliphatic heterocycles. The van der Waals surface area contributed by atoms with E-state index in [4.69, 9.17) is 15.1 Å². The van der Waals surface area contributed by atoms with Crippen molar-refractivity contribution in [3.05, 3.63) is 50.2 Å². The highest BCUT2D eigenvalue weighted by atomic mass is 32.1. The van der Waals surface area contributed by atoms with E-state index in [1.165, 1.54) is 29.6 Å². The number of ether oxygens (including phenoxy) is 1. The summed E-state index contributed by atoms with van der Waals surface area (Å²) in [6.07, 6.45) is 0. The van der Waals surface area contributed by atoms with Gasteiger partial charge in [-0.25, -0.2) is 4.79 Å². The summed E-state index contributed by atoms with van der Waals surface area (Å²) < 4.78 is 5.30. The topological polar surface area (TPSA) is 113 Å². The van der Waals surface area contributed by atoms with Crippen molar-refractivity contribution < 1.29 is 19.6 Å². The first-order valence-corrected chi connectivity index (χ1v) is 6.08. The quantitative estimate of drug-likeness (QED) is 0.683. The molecule has 7 nitrogen and oxygen atoms in total. The van der Waals surface area contributed by atoms with Crippen LogP contribution in [0.5, 0.6) is 11.5 Å². The van der Waals surface area contributed by atoms with Crippen molar-refractivity contribution in [2.75, 3.05) is 0 Å². The third-order valence-electron chi connectivity index (χ3n) is 2.32. The van der Waals surface area contributed by atoms with Gasteiger partial charge in [0.2, 0.25) is 5.75 Å². The lowest BCUT2D eigenvalue weighted by atomic mass is 10.2. The largest absolute Gasteiger partial charge is 0.477 e. The Morgan fingerprint density at radius 3 is 2.80 bits per heavy atom. The number of thiophene rings is 1. The fraction of sp³-hybridized carbons (Fsp3) is 0. The van der Waals surface area contributed by atoms with Crippen LogP contribution in [0.3, 0.4) is 0 Å². The van der Waals surface area contributed by atoms with Crippen LogP contribution >= 0.6 is 11.3 Å². The molecule has 0 saturated carbocycles. The maximum Gasteiger partial charge on any atom is 0.346 e. The first-order chi connectivity index (χ1) is 9.52. The molecule has 2 aromatic rings. The Balaban J connectivity index is 2.40. The molecule has 0 saturated heterocycles. The second kappa shape index (κ2) is 5.38. The zero-order valence-electron chi connectivity index (χ0n) is 9.77. The molecule has 0 unspecified atom stereocenters. The van der Waals surface area contributed by atoms with Crippen molar-refractivity contribution in [2.24, 2.45) is 0 Å². The van der Waals surface area contributed by atoms with E-state index in [0.717, 1.165) is 11.3 Å². The molecule has 1 aromatic carbocycles. The van der Waals surface area contributed by atoms with Gasteiger partial charge in [0.25, 0.3) is 0 Å². The number of rotatable bonds is 4. The lowest BCUT2D eigenvalue weighted by Gasteiger charge is -2.04. The highest BCUT2D eigenvalue weighted by Gasteiger charge is 2.22. The van der Waals surface area contributed by atoms with Crippen LogP contribution in [0, 0.1) is 21.4 Å². The van der Waals surface area contributed by atoms with E-state index in [-0.39, 0.29) is 21.9 Å². The van der Waals surface area contributed by atoms with E-state index in [1.807, 2.05) is 0 Å². The van der Waals surface area contributed by atoms with Gasteiger partial charge in [-0.2, -0.15) is 5.26 Å². The molecule has 1 aromatic heterocycles. The number of nitro groups is 1. The molecule has 20 heavy (non-hydrogen) atoms. The summed E-state index contributed by atoms with van der Waals surface area (Å²) in [6.45, 7) is 0. The smallest absolute Gasteiger partial charge is 0.346 e. The fourth-order valence-corrected chi connectivity index (χ4v) is 2.14. The van der Waals surface area contributed by atoms with Crippen LogP contribution in [0.2, 0.25) is 0 Å². The summed E-state index contributed by atoms with van der Waals surface area (Å²) in [5.74, 6) is -1.04. The van der Waals surface area contributed by atoms with Crippen molar-refractivity contribution in [1.29, 1.82) is 5.26 Å². The molecule has 0 amide bonds. The predicted molar refractivity (Wildman–Crippen MR) is 69.2 cm³/mol. The molecule has 0 spiro atoms. The van der Waals surface area contributed by atoms with E-state index in [9.17, 15) is 14.9 Å². The van der Waals surface area contributed by atoms with Gasteiger partial charge in [-0.3, -0.25) is 10.1 Å². The van der Waals surface area contributed by atoms with Crippen molar-refractivity contribution in [3.63, 3.8) is 0 Å². The molecule has 100 valence electrons. The molecular weight excluding hydrogens is 284 g/mol. The lowest BCUT2D eigenvalue weighted by Crippen LogP contribution is -1.96. The van der Waals surface area contributed by atoms with Crippen LogP contribution in [0.25, 0.3) is 0 Å². The number of nitrogens with zero attached hydrogens (tertiary/aromatic N) is 2. The summed E-state index contributed by atoms with van der Waals surface area (Å²) in [6, 6.07) is 7.07. The number of para-hydroxylation sites is 1. The summed E-state index contributed by atoms with van der Waals surface area (Å²) in [5.41, 5.74) is -0.570. The van der Waals surface area contributed by atoms with Gasteiger partial charge < -0.3 is 9.84 Å². The first-order valence-electron chi connectivity index (χ1n) is 5.20. The summed E-state index contributed by atoms with van der Waals surface area (Å²) >= 11 is 0.942. The number of carboxylic acid groups (broad SMARTS) is 1. The molecule has 8 heteroatoms. The fourth-order valence-electron chi connectivity index (χ4n) is 1.49. The number of carbonyl (C=O) groups is 1. The van der Waals surface area contributed by atoms with E-state index >= 15 is 0 Å². The molecule has 0 aliphatic rings. The maximum absolute atomic E-state index is 11.0.